The zero-order chi connectivity index (χ0) is 13.0. The summed E-state index contributed by atoms with van der Waals surface area (Å²) in [6.07, 6.45) is 1.52. The molecule has 4 heteroatoms. The van der Waals surface area contributed by atoms with Crippen LogP contribution >= 0.6 is 15.9 Å². The van der Waals surface area contributed by atoms with Gasteiger partial charge in [0.2, 0.25) is 0 Å². The van der Waals surface area contributed by atoms with Crippen molar-refractivity contribution in [1.82, 2.24) is 4.90 Å². The molecule has 1 fully saturated rings. The molecule has 0 aliphatic carbocycles. The number of likely N-dealkylation sites (tertiary alicyclic amines) is 1. The molecule has 0 saturated carbocycles. The summed E-state index contributed by atoms with van der Waals surface area (Å²) in [4.78, 5) is 2.43. The van der Waals surface area contributed by atoms with Crippen molar-refractivity contribution in [3.63, 3.8) is 0 Å². The molecule has 1 saturated heterocycles. The summed E-state index contributed by atoms with van der Waals surface area (Å²) in [7, 11) is 1.79. The Hall–Kier alpha value is -0.580. The number of benzene rings is 1. The molecule has 0 N–H and O–H groups in total. The molecule has 1 aromatic carbocycles. The van der Waals surface area contributed by atoms with E-state index in [1.807, 2.05) is 19.1 Å². The summed E-state index contributed by atoms with van der Waals surface area (Å²) >= 11 is 3.62. The van der Waals surface area contributed by atoms with E-state index in [4.69, 9.17) is 9.47 Å². The van der Waals surface area contributed by atoms with E-state index in [0.717, 1.165) is 36.3 Å². The molecular formula is C14H20BrNO2. The Morgan fingerprint density at radius 3 is 2.89 bits per heavy atom. The van der Waals surface area contributed by atoms with Gasteiger partial charge in [-0.3, -0.25) is 4.90 Å². The number of ether oxygens (including phenoxy) is 2. The van der Waals surface area contributed by atoms with Crippen LogP contribution in [-0.4, -0.2) is 37.8 Å². The second kappa shape index (κ2) is 6.55. The number of methoxy groups -OCH3 is 1. The normalized spacial score (nSPS) is 20.3. The largest absolute Gasteiger partial charge is 0.494 e. The van der Waals surface area contributed by atoms with Gasteiger partial charge in [0.25, 0.3) is 0 Å². The van der Waals surface area contributed by atoms with E-state index < -0.39 is 0 Å². The van der Waals surface area contributed by atoms with Gasteiger partial charge in [-0.05, 0) is 31.0 Å². The smallest absolute Gasteiger partial charge is 0.120 e. The van der Waals surface area contributed by atoms with Gasteiger partial charge in [0.05, 0.1) is 12.7 Å². The molecule has 3 nitrogen and oxygen atoms in total. The lowest BCUT2D eigenvalue weighted by Gasteiger charge is -2.17. The van der Waals surface area contributed by atoms with Crippen LogP contribution in [0.4, 0.5) is 0 Å². The van der Waals surface area contributed by atoms with Crippen molar-refractivity contribution < 1.29 is 9.47 Å². The summed E-state index contributed by atoms with van der Waals surface area (Å²) in [5, 5.41) is 0. The van der Waals surface area contributed by atoms with Gasteiger partial charge in [0, 0.05) is 31.2 Å². The molecule has 2 rings (SSSR count). The fourth-order valence-corrected chi connectivity index (χ4v) is 2.77. The summed E-state index contributed by atoms with van der Waals surface area (Å²) in [5.41, 5.74) is 1.30. The second-order valence-corrected chi connectivity index (χ2v) is 5.42. The maximum absolute atomic E-state index is 5.48. The Balaban J connectivity index is 1.97. The van der Waals surface area contributed by atoms with E-state index in [2.05, 4.69) is 26.9 Å². The summed E-state index contributed by atoms with van der Waals surface area (Å²) in [6.45, 7) is 5.80. The van der Waals surface area contributed by atoms with E-state index in [0.29, 0.717) is 12.7 Å². The average Bonchev–Trinajstić information content (AvgIpc) is 2.81. The Bertz CT molecular complexity index is 397. The van der Waals surface area contributed by atoms with Crippen LogP contribution in [0.3, 0.4) is 0 Å². The Morgan fingerprint density at radius 1 is 1.44 bits per heavy atom. The lowest BCUT2D eigenvalue weighted by molar-refractivity contribution is 0.107. The number of rotatable bonds is 5. The van der Waals surface area contributed by atoms with Gasteiger partial charge in [-0.25, -0.2) is 0 Å². The van der Waals surface area contributed by atoms with E-state index in [9.17, 15) is 0 Å². The molecule has 1 heterocycles. The molecule has 1 atom stereocenters. The minimum absolute atomic E-state index is 0.395. The first-order chi connectivity index (χ1) is 8.72. The molecule has 0 spiro atoms. The van der Waals surface area contributed by atoms with Crippen LogP contribution in [0.5, 0.6) is 5.75 Å². The van der Waals surface area contributed by atoms with Gasteiger partial charge >= 0.3 is 0 Å². The predicted octanol–water partition coefficient (Wildman–Crippen LogP) is 3.07. The van der Waals surface area contributed by atoms with Crippen LogP contribution < -0.4 is 4.74 Å². The van der Waals surface area contributed by atoms with Gasteiger partial charge in [0.15, 0.2) is 0 Å². The quantitative estimate of drug-likeness (QED) is 0.834. The molecule has 100 valence electrons. The van der Waals surface area contributed by atoms with E-state index in [1.165, 1.54) is 5.56 Å². The number of hydrogen-bond acceptors (Lipinski definition) is 3. The van der Waals surface area contributed by atoms with Gasteiger partial charge in [-0.1, -0.05) is 22.0 Å². The molecular weight excluding hydrogens is 294 g/mol. The van der Waals surface area contributed by atoms with Crippen molar-refractivity contribution in [2.75, 3.05) is 26.8 Å². The molecule has 1 aliphatic heterocycles. The van der Waals surface area contributed by atoms with Gasteiger partial charge in [-0.15, -0.1) is 0 Å². The average molecular weight is 314 g/mol. The van der Waals surface area contributed by atoms with Crippen LogP contribution in [0.25, 0.3) is 0 Å². The highest BCUT2D eigenvalue weighted by atomic mass is 79.9. The fourth-order valence-electron chi connectivity index (χ4n) is 2.29. The van der Waals surface area contributed by atoms with Crippen molar-refractivity contribution in [2.24, 2.45) is 0 Å². The lowest BCUT2D eigenvalue weighted by atomic mass is 10.2. The first-order valence-corrected chi connectivity index (χ1v) is 7.18. The molecule has 1 aromatic rings. The predicted molar refractivity (Wildman–Crippen MR) is 76.0 cm³/mol. The maximum Gasteiger partial charge on any atom is 0.120 e. The highest BCUT2D eigenvalue weighted by Crippen LogP contribution is 2.25. The van der Waals surface area contributed by atoms with E-state index in [-0.39, 0.29) is 0 Å². The Morgan fingerprint density at radius 2 is 2.28 bits per heavy atom. The van der Waals surface area contributed by atoms with Crippen molar-refractivity contribution in [1.29, 1.82) is 0 Å². The van der Waals surface area contributed by atoms with Crippen molar-refractivity contribution in [3.05, 3.63) is 28.2 Å². The second-order valence-electron chi connectivity index (χ2n) is 4.57. The van der Waals surface area contributed by atoms with E-state index in [1.54, 1.807) is 7.11 Å². The van der Waals surface area contributed by atoms with Crippen LogP contribution in [0, 0.1) is 0 Å². The number of nitrogens with zero attached hydrogens (tertiary/aromatic N) is 1. The van der Waals surface area contributed by atoms with Crippen molar-refractivity contribution >= 4 is 15.9 Å². The topological polar surface area (TPSA) is 21.7 Å². The number of halogens is 1. The summed E-state index contributed by atoms with van der Waals surface area (Å²) < 4.78 is 12.0. The van der Waals surface area contributed by atoms with Crippen LogP contribution in [-0.2, 0) is 11.3 Å². The standard InChI is InChI=1S/C14H20BrNO2/c1-3-18-12-5-4-11(14(15)8-12)9-16-7-6-13(10-16)17-2/h4-5,8,13H,3,6-7,9-10H2,1-2H3/t13-/m1/s1. The minimum atomic E-state index is 0.395. The summed E-state index contributed by atoms with van der Waals surface area (Å²) in [6, 6.07) is 6.21. The van der Waals surface area contributed by atoms with Gasteiger partial charge in [0.1, 0.15) is 5.75 Å². The van der Waals surface area contributed by atoms with Gasteiger partial charge < -0.3 is 9.47 Å². The summed E-state index contributed by atoms with van der Waals surface area (Å²) in [5.74, 6) is 0.921. The first-order valence-electron chi connectivity index (χ1n) is 6.39. The number of hydrogen-bond donors (Lipinski definition) is 0. The van der Waals surface area contributed by atoms with Crippen LogP contribution in [0.1, 0.15) is 18.9 Å². The molecule has 18 heavy (non-hydrogen) atoms. The third-order valence-corrected chi connectivity index (χ3v) is 4.03. The highest BCUT2D eigenvalue weighted by Gasteiger charge is 2.22. The first kappa shape index (κ1) is 13.8. The van der Waals surface area contributed by atoms with Crippen molar-refractivity contribution in [3.8, 4) is 5.75 Å². The zero-order valence-corrected chi connectivity index (χ0v) is 12.6. The molecule has 0 bridgehead atoms. The third kappa shape index (κ3) is 3.46. The molecule has 0 radical (unpaired) electrons. The van der Waals surface area contributed by atoms with Crippen LogP contribution in [0.2, 0.25) is 0 Å². The van der Waals surface area contributed by atoms with Gasteiger partial charge in [-0.2, -0.15) is 0 Å². The van der Waals surface area contributed by atoms with Crippen molar-refractivity contribution in [2.45, 2.75) is 26.0 Å². The monoisotopic (exact) mass is 313 g/mol. The minimum Gasteiger partial charge on any atom is -0.494 e. The molecule has 1 aliphatic rings. The van der Waals surface area contributed by atoms with E-state index >= 15 is 0 Å². The fraction of sp³-hybridized carbons (Fsp3) is 0.571. The molecule has 0 unspecified atom stereocenters. The highest BCUT2D eigenvalue weighted by molar-refractivity contribution is 9.10. The Labute approximate surface area is 117 Å². The maximum atomic E-state index is 5.48. The third-order valence-electron chi connectivity index (χ3n) is 3.29. The lowest BCUT2D eigenvalue weighted by Crippen LogP contribution is -2.22. The molecule has 0 amide bonds. The molecule has 0 aromatic heterocycles. The SMILES string of the molecule is CCOc1ccc(CN2CC[C@@H](OC)C2)c(Br)c1. The zero-order valence-electron chi connectivity index (χ0n) is 11.0. The van der Waals surface area contributed by atoms with Crippen LogP contribution in [0.15, 0.2) is 22.7 Å². The Kier molecular flexibility index (Phi) is 5.03.